The predicted octanol–water partition coefficient (Wildman–Crippen LogP) is 5.76. The molecule has 1 aromatic heterocycles. The van der Waals surface area contributed by atoms with Crippen LogP contribution in [0.2, 0.25) is 5.02 Å². The number of aromatic amines is 1. The molecule has 0 aliphatic heterocycles. The summed E-state index contributed by atoms with van der Waals surface area (Å²) in [6, 6.07) is 14.5. The molecule has 2 N–H and O–H groups in total. The van der Waals surface area contributed by atoms with Gasteiger partial charge in [-0.05, 0) is 47.9 Å². The first-order chi connectivity index (χ1) is 12.2. The van der Waals surface area contributed by atoms with E-state index in [0.29, 0.717) is 6.42 Å². The lowest BCUT2D eigenvalue weighted by Crippen LogP contribution is -2.28. The predicted molar refractivity (Wildman–Crippen MR) is 110 cm³/mol. The molecular weight excluding hydrogens is 350 g/mol. The van der Waals surface area contributed by atoms with Crippen LogP contribution < -0.4 is 0 Å². The van der Waals surface area contributed by atoms with Crippen molar-refractivity contribution >= 4 is 34.3 Å². The molecule has 132 valence electrons. The van der Waals surface area contributed by atoms with Crippen molar-refractivity contribution in [3.8, 4) is 0 Å². The van der Waals surface area contributed by atoms with Gasteiger partial charge in [-0.3, -0.25) is 0 Å². The quantitative estimate of drug-likeness (QED) is 0.552. The van der Waals surface area contributed by atoms with Crippen LogP contribution in [0.25, 0.3) is 10.9 Å². The van der Waals surface area contributed by atoms with Crippen LogP contribution in [0, 0.1) is 0 Å². The molecule has 0 saturated carbocycles. The van der Waals surface area contributed by atoms with Gasteiger partial charge in [0.2, 0.25) is 0 Å². The van der Waals surface area contributed by atoms with E-state index in [9.17, 15) is 5.11 Å². The topological polar surface area (TPSA) is 36.0 Å². The van der Waals surface area contributed by atoms with Gasteiger partial charge in [0.25, 0.3) is 0 Å². The molecule has 3 aromatic rings. The molecule has 0 aliphatic rings. The van der Waals surface area contributed by atoms with Gasteiger partial charge in [0.1, 0.15) is 0 Å². The summed E-state index contributed by atoms with van der Waals surface area (Å²) in [7, 11) is 0. The van der Waals surface area contributed by atoms with Crippen LogP contribution in [0.1, 0.15) is 36.5 Å². The highest BCUT2D eigenvalue weighted by atomic mass is 35.5. The van der Waals surface area contributed by atoms with Gasteiger partial charge in [-0.25, -0.2) is 0 Å². The number of hydrogen-bond donors (Lipinski definition) is 2. The average Bonchev–Trinajstić information content (AvgIpc) is 3.06. The second-order valence-corrected chi connectivity index (χ2v) is 7.69. The van der Waals surface area contributed by atoms with Crippen LogP contribution in [-0.2, 0) is 11.2 Å². The lowest BCUT2D eigenvalue weighted by molar-refractivity contribution is 0.250. The molecule has 4 heteroatoms. The van der Waals surface area contributed by atoms with Gasteiger partial charge in [-0.15, -0.1) is 0 Å². The summed E-state index contributed by atoms with van der Waals surface area (Å²) in [5, 5.41) is 11.8. The monoisotopic (exact) mass is 373 g/mol. The number of H-pyrrole nitrogens is 1. The molecule has 0 radical (unpaired) electrons. The van der Waals surface area contributed by atoms with Gasteiger partial charge >= 0.3 is 0 Å². The summed E-state index contributed by atoms with van der Waals surface area (Å²) in [6.07, 6.45) is 5.85. The Morgan fingerprint density at radius 1 is 1.16 bits per heavy atom. The van der Waals surface area contributed by atoms with Crippen LogP contribution in [0.4, 0.5) is 0 Å². The van der Waals surface area contributed by atoms with Crippen LogP contribution in [0.15, 0.2) is 48.7 Å². The number of fused-ring (bicyclic) bond motifs is 1. The van der Waals surface area contributed by atoms with Gasteiger partial charge in [-0.2, -0.15) is 11.8 Å². The fraction of sp³-hybridized carbons (Fsp3) is 0.333. The Kier molecular flexibility index (Phi) is 5.78. The summed E-state index contributed by atoms with van der Waals surface area (Å²) in [5.74, 6) is 0.983. The lowest BCUT2D eigenvalue weighted by Gasteiger charge is -2.33. The number of nitrogens with one attached hydrogen (secondary N) is 1. The Morgan fingerprint density at radius 3 is 2.56 bits per heavy atom. The fourth-order valence-corrected chi connectivity index (χ4v) is 4.53. The highest BCUT2D eigenvalue weighted by molar-refractivity contribution is 7.97. The molecule has 0 spiro atoms. The number of aliphatic hydroxyl groups excluding tert-OH is 1. The number of benzene rings is 2. The number of aliphatic hydroxyl groups is 1. The summed E-state index contributed by atoms with van der Waals surface area (Å²) in [6.45, 7) is 2.34. The Balaban J connectivity index is 2.22. The molecule has 2 nitrogen and oxygen atoms in total. The van der Waals surface area contributed by atoms with Gasteiger partial charge in [0.15, 0.2) is 0 Å². The second kappa shape index (κ2) is 7.86. The van der Waals surface area contributed by atoms with Crippen molar-refractivity contribution in [3.63, 3.8) is 0 Å². The minimum absolute atomic E-state index is 0.146. The third-order valence-corrected chi connectivity index (χ3v) is 6.01. The van der Waals surface area contributed by atoms with E-state index in [4.69, 9.17) is 11.6 Å². The molecule has 1 unspecified atom stereocenters. The molecule has 1 atom stereocenters. The van der Waals surface area contributed by atoms with Gasteiger partial charge in [-0.1, -0.05) is 48.9 Å². The van der Waals surface area contributed by atoms with Crippen molar-refractivity contribution in [3.05, 3.63) is 70.4 Å². The first kappa shape index (κ1) is 18.4. The van der Waals surface area contributed by atoms with Crippen LogP contribution in [0.3, 0.4) is 0 Å². The summed E-state index contributed by atoms with van der Waals surface area (Å²) < 4.78 is 0. The Morgan fingerprint density at radius 2 is 1.92 bits per heavy atom. The number of thioether (sulfide) groups is 1. The first-order valence-electron chi connectivity index (χ1n) is 8.61. The molecule has 2 aromatic carbocycles. The zero-order valence-electron chi connectivity index (χ0n) is 14.7. The van der Waals surface area contributed by atoms with Crippen molar-refractivity contribution in [1.82, 2.24) is 4.98 Å². The Labute approximate surface area is 158 Å². The number of rotatable bonds is 7. The molecule has 1 heterocycles. The maximum Gasteiger partial charge on any atom is 0.0498 e. The summed E-state index contributed by atoms with van der Waals surface area (Å²) >= 11 is 7.93. The van der Waals surface area contributed by atoms with Crippen molar-refractivity contribution < 1.29 is 5.11 Å². The fourth-order valence-electron chi connectivity index (χ4n) is 3.85. The second-order valence-electron chi connectivity index (χ2n) is 6.39. The van der Waals surface area contributed by atoms with E-state index in [2.05, 4.69) is 54.7 Å². The molecule has 0 amide bonds. The minimum atomic E-state index is -0.227. The van der Waals surface area contributed by atoms with Crippen molar-refractivity contribution in [2.75, 3.05) is 12.9 Å². The standard InChI is InChI=1S/C21H24ClNOS/c1-3-21(11-12-24,16-7-9-17(22)10-8-16)19-13-23-20-15(14-25-2)5-4-6-18(19)20/h4-10,13,23-24H,3,11-12,14H2,1-2H3. The Bertz CT molecular complexity index is 843. The summed E-state index contributed by atoms with van der Waals surface area (Å²) in [5.41, 5.74) is 4.75. The molecule has 0 saturated heterocycles. The van der Waals surface area contributed by atoms with Gasteiger partial charge in [0, 0.05) is 39.9 Å². The van der Waals surface area contributed by atoms with Crippen LogP contribution in [-0.4, -0.2) is 23.0 Å². The lowest BCUT2D eigenvalue weighted by atomic mass is 9.70. The third kappa shape index (κ3) is 3.33. The third-order valence-electron chi connectivity index (χ3n) is 5.16. The van der Waals surface area contributed by atoms with Crippen molar-refractivity contribution in [1.29, 1.82) is 0 Å². The number of aromatic nitrogens is 1. The van der Waals surface area contributed by atoms with E-state index >= 15 is 0 Å². The zero-order valence-corrected chi connectivity index (χ0v) is 16.3. The zero-order chi connectivity index (χ0) is 17.9. The van der Waals surface area contributed by atoms with E-state index in [1.807, 2.05) is 23.9 Å². The molecular formula is C21H24ClNOS. The van der Waals surface area contributed by atoms with Crippen molar-refractivity contribution in [2.24, 2.45) is 0 Å². The number of halogens is 1. The smallest absolute Gasteiger partial charge is 0.0498 e. The van der Waals surface area contributed by atoms with Crippen LogP contribution in [0.5, 0.6) is 0 Å². The van der Waals surface area contributed by atoms with E-state index in [-0.39, 0.29) is 12.0 Å². The molecule has 0 bridgehead atoms. The SMILES string of the molecule is CCC(CCO)(c1ccc(Cl)cc1)c1c[nH]c2c(CSC)cccc12. The highest BCUT2D eigenvalue weighted by Gasteiger charge is 2.34. The van der Waals surface area contributed by atoms with E-state index in [0.717, 1.165) is 17.2 Å². The maximum atomic E-state index is 9.82. The average molecular weight is 374 g/mol. The molecule has 0 aliphatic carbocycles. The van der Waals surface area contributed by atoms with E-state index in [1.54, 1.807) is 0 Å². The van der Waals surface area contributed by atoms with E-state index < -0.39 is 0 Å². The van der Waals surface area contributed by atoms with E-state index in [1.165, 1.54) is 27.6 Å². The Hall–Kier alpha value is -1.42. The van der Waals surface area contributed by atoms with Crippen molar-refractivity contribution in [2.45, 2.75) is 30.9 Å². The first-order valence-corrected chi connectivity index (χ1v) is 10.4. The largest absolute Gasteiger partial charge is 0.396 e. The highest BCUT2D eigenvalue weighted by Crippen LogP contribution is 2.43. The van der Waals surface area contributed by atoms with Gasteiger partial charge < -0.3 is 10.1 Å². The van der Waals surface area contributed by atoms with Crippen LogP contribution >= 0.6 is 23.4 Å². The molecule has 25 heavy (non-hydrogen) atoms. The minimum Gasteiger partial charge on any atom is -0.396 e. The maximum absolute atomic E-state index is 9.82. The molecule has 3 rings (SSSR count). The normalized spacial score (nSPS) is 13.9. The summed E-state index contributed by atoms with van der Waals surface area (Å²) in [4.78, 5) is 3.50. The molecule has 0 fully saturated rings. The number of hydrogen-bond acceptors (Lipinski definition) is 2. The van der Waals surface area contributed by atoms with Gasteiger partial charge in [0.05, 0.1) is 0 Å². The number of para-hydroxylation sites is 1.